The molecule has 7 heteroatoms. The van der Waals surface area contributed by atoms with Crippen molar-refractivity contribution in [2.75, 3.05) is 5.73 Å². The van der Waals surface area contributed by atoms with Gasteiger partial charge in [0.05, 0.1) is 35.4 Å². The number of hydrogen-bond donors (Lipinski definition) is 1. The zero-order valence-electron chi connectivity index (χ0n) is 13.4. The van der Waals surface area contributed by atoms with Crippen LogP contribution >= 0.6 is 0 Å². The Hall–Kier alpha value is -2.96. The summed E-state index contributed by atoms with van der Waals surface area (Å²) in [6, 6.07) is 8.05. The molecule has 0 fully saturated rings. The number of nitrogen functional groups attached to an aromatic ring is 1. The van der Waals surface area contributed by atoms with Crippen LogP contribution in [-0.2, 0) is 19.6 Å². The van der Waals surface area contributed by atoms with E-state index >= 15 is 0 Å². The van der Waals surface area contributed by atoms with E-state index in [2.05, 4.69) is 27.5 Å². The Morgan fingerprint density at radius 3 is 2.92 bits per heavy atom. The van der Waals surface area contributed by atoms with Crippen LogP contribution in [0, 0.1) is 0 Å². The minimum atomic E-state index is -0.0693. The molecule has 24 heavy (non-hydrogen) atoms. The molecule has 0 spiro atoms. The molecule has 0 radical (unpaired) electrons. The van der Waals surface area contributed by atoms with E-state index in [1.165, 1.54) is 6.20 Å². The lowest BCUT2D eigenvalue weighted by Gasteiger charge is -2.16. The highest BCUT2D eigenvalue weighted by atomic mass is 16.2. The van der Waals surface area contributed by atoms with Crippen molar-refractivity contribution in [1.29, 1.82) is 0 Å². The smallest absolute Gasteiger partial charge is 0.258 e. The number of carbonyl (C=O) groups is 1. The molecule has 1 aliphatic rings. The van der Waals surface area contributed by atoms with Crippen molar-refractivity contribution < 1.29 is 4.79 Å². The van der Waals surface area contributed by atoms with E-state index in [4.69, 9.17) is 10.7 Å². The van der Waals surface area contributed by atoms with Gasteiger partial charge in [0.15, 0.2) is 0 Å². The molecule has 2 N–H and O–H groups in total. The van der Waals surface area contributed by atoms with E-state index < -0.39 is 0 Å². The van der Waals surface area contributed by atoms with E-state index in [9.17, 15) is 4.79 Å². The van der Waals surface area contributed by atoms with Gasteiger partial charge in [-0.1, -0.05) is 19.1 Å². The normalized spacial score (nSPS) is 13.7. The summed E-state index contributed by atoms with van der Waals surface area (Å²) in [5.74, 6) is 1.02. The van der Waals surface area contributed by atoms with Crippen molar-refractivity contribution in [3.8, 4) is 0 Å². The molecule has 1 aromatic carbocycles. The number of fused-ring (bicyclic) bond motifs is 2. The number of imidazole rings is 1. The number of amides is 1. The number of hydrogen-bond acceptors (Lipinski definition) is 5. The van der Waals surface area contributed by atoms with E-state index in [0.717, 1.165) is 29.8 Å². The third-order valence-electron chi connectivity index (χ3n) is 4.26. The second kappa shape index (κ2) is 5.59. The largest absolute Gasteiger partial charge is 0.368 e. The number of anilines is 1. The molecule has 0 saturated heterocycles. The molecule has 0 atom stereocenters. The quantitative estimate of drug-likeness (QED) is 0.793. The summed E-state index contributed by atoms with van der Waals surface area (Å²) in [4.78, 5) is 27.1. The minimum Gasteiger partial charge on any atom is -0.368 e. The van der Waals surface area contributed by atoms with Gasteiger partial charge in [-0.3, -0.25) is 4.79 Å². The summed E-state index contributed by atoms with van der Waals surface area (Å²) < 4.78 is 2.19. The number of nitrogens with two attached hydrogens (primary N) is 1. The fourth-order valence-corrected chi connectivity index (χ4v) is 3.17. The summed E-state index contributed by atoms with van der Waals surface area (Å²) in [6.07, 6.45) is 2.51. The van der Waals surface area contributed by atoms with Crippen molar-refractivity contribution in [1.82, 2.24) is 24.4 Å². The Morgan fingerprint density at radius 2 is 2.08 bits per heavy atom. The lowest BCUT2D eigenvalue weighted by atomic mass is 10.3. The number of aryl methyl sites for hydroxylation is 1. The molecule has 0 bridgehead atoms. The molecule has 4 rings (SSSR count). The number of nitrogens with zero attached hydrogens (tertiary/aromatic N) is 5. The second-order valence-corrected chi connectivity index (χ2v) is 5.92. The molecular formula is C17H18N6O. The van der Waals surface area contributed by atoms with Gasteiger partial charge < -0.3 is 15.2 Å². The molecular weight excluding hydrogens is 304 g/mol. The fourth-order valence-electron chi connectivity index (χ4n) is 3.17. The first-order valence-electron chi connectivity index (χ1n) is 8.02. The van der Waals surface area contributed by atoms with Crippen LogP contribution in [0.1, 0.15) is 35.2 Å². The molecule has 0 saturated carbocycles. The zero-order chi connectivity index (χ0) is 16.7. The third-order valence-corrected chi connectivity index (χ3v) is 4.26. The third kappa shape index (κ3) is 2.29. The zero-order valence-corrected chi connectivity index (χ0v) is 13.4. The number of carbonyl (C=O) groups excluding carboxylic acids is 1. The Kier molecular flexibility index (Phi) is 3.41. The number of para-hydroxylation sites is 2. The van der Waals surface area contributed by atoms with Gasteiger partial charge in [0.2, 0.25) is 5.95 Å². The summed E-state index contributed by atoms with van der Waals surface area (Å²) in [6.45, 7) is 3.89. The first-order valence-corrected chi connectivity index (χ1v) is 8.02. The molecule has 1 amide bonds. The fraction of sp³-hybridized carbons (Fsp3) is 0.294. The van der Waals surface area contributed by atoms with Gasteiger partial charge in [0.1, 0.15) is 5.82 Å². The van der Waals surface area contributed by atoms with Crippen molar-refractivity contribution in [3.63, 3.8) is 0 Å². The van der Waals surface area contributed by atoms with Gasteiger partial charge in [0.25, 0.3) is 5.91 Å². The first-order chi connectivity index (χ1) is 11.7. The van der Waals surface area contributed by atoms with Gasteiger partial charge in [-0.05, 0) is 18.6 Å². The monoisotopic (exact) mass is 322 g/mol. The van der Waals surface area contributed by atoms with Gasteiger partial charge in [0, 0.05) is 12.7 Å². The van der Waals surface area contributed by atoms with Crippen LogP contribution in [0.5, 0.6) is 0 Å². The van der Waals surface area contributed by atoms with Crippen LogP contribution in [0.2, 0.25) is 0 Å². The van der Waals surface area contributed by atoms with Crippen molar-refractivity contribution >= 4 is 22.9 Å². The van der Waals surface area contributed by atoms with Crippen molar-refractivity contribution in [2.24, 2.45) is 0 Å². The Labute approximate surface area is 139 Å². The van der Waals surface area contributed by atoms with Crippen LogP contribution in [0.15, 0.2) is 30.5 Å². The number of rotatable bonds is 4. The predicted molar refractivity (Wildman–Crippen MR) is 90.0 cm³/mol. The van der Waals surface area contributed by atoms with E-state index in [1.54, 1.807) is 4.90 Å². The topological polar surface area (TPSA) is 89.9 Å². The van der Waals surface area contributed by atoms with Gasteiger partial charge in [-0.15, -0.1) is 0 Å². The lowest BCUT2D eigenvalue weighted by molar-refractivity contribution is 0.0760. The Morgan fingerprint density at radius 1 is 1.25 bits per heavy atom. The highest BCUT2D eigenvalue weighted by Gasteiger charge is 2.30. The van der Waals surface area contributed by atoms with Gasteiger partial charge in [-0.2, -0.15) is 0 Å². The van der Waals surface area contributed by atoms with E-state index in [0.29, 0.717) is 24.3 Å². The van der Waals surface area contributed by atoms with E-state index in [1.807, 2.05) is 18.2 Å². The van der Waals surface area contributed by atoms with E-state index in [-0.39, 0.29) is 11.9 Å². The SMILES string of the molecule is CCCn1c(CN2Cc3nc(N)ncc3C2=O)nc2ccccc21. The molecule has 7 nitrogen and oxygen atoms in total. The van der Waals surface area contributed by atoms with Crippen LogP contribution in [0.25, 0.3) is 11.0 Å². The average Bonchev–Trinajstić information content (AvgIpc) is 3.07. The van der Waals surface area contributed by atoms with Crippen LogP contribution in [-0.4, -0.2) is 30.3 Å². The van der Waals surface area contributed by atoms with Gasteiger partial charge >= 0.3 is 0 Å². The minimum absolute atomic E-state index is 0.0693. The summed E-state index contributed by atoms with van der Waals surface area (Å²) >= 11 is 0. The molecule has 3 heterocycles. The summed E-state index contributed by atoms with van der Waals surface area (Å²) in [5, 5.41) is 0. The summed E-state index contributed by atoms with van der Waals surface area (Å²) in [5.41, 5.74) is 8.89. The number of benzene rings is 1. The predicted octanol–water partition coefficient (Wildman–Crippen LogP) is 1.97. The van der Waals surface area contributed by atoms with Crippen molar-refractivity contribution in [3.05, 3.63) is 47.5 Å². The van der Waals surface area contributed by atoms with Crippen LogP contribution in [0.3, 0.4) is 0 Å². The highest BCUT2D eigenvalue weighted by Crippen LogP contribution is 2.24. The van der Waals surface area contributed by atoms with Crippen molar-refractivity contribution in [2.45, 2.75) is 33.0 Å². The first kappa shape index (κ1) is 14.6. The maximum atomic E-state index is 12.6. The highest BCUT2D eigenvalue weighted by molar-refractivity contribution is 5.97. The number of aromatic nitrogens is 4. The average molecular weight is 322 g/mol. The Bertz CT molecular complexity index is 932. The van der Waals surface area contributed by atoms with Crippen LogP contribution in [0.4, 0.5) is 5.95 Å². The van der Waals surface area contributed by atoms with Gasteiger partial charge in [-0.25, -0.2) is 15.0 Å². The lowest BCUT2D eigenvalue weighted by Crippen LogP contribution is -2.25. The maximum Gasteiger partial charge on any atom is 0.258 e. The molecule has 3 aromatic rings. The maximum absolute atomic E-state index is 12.6. The molecule has 122 valence electrons. The molecule has 0 unspecified atom stereocenters. The molecule has 0 aliphatic carbocycles. The Balaban J connectivity index is 1.68. The molecule has 2 aromatic heterocycles. The second-order valence-electron chi connectivity index (χ2n) is 5.92. The standard InChI is InChI=1S/C17H18N6O/c1-2-7-23-14-6-4-3-5-12(14)20-15(23)10-22-9-13-11(16(22)24)8-19-17(18)21-13/h3-6,8H,2,7,9-10H2,1H3,(H2,18,19,21). The molecule has 1 aliphatic heterocycles. The van der Waals surface area contributed by atoms with Crippen LogP contribution < -0.4 is 5.73 Å². The summed E-state index contributed by atoms with van der Waals surface area (Å²) in [7, 11) is 0.